The van der Waals surface area contributed by atoms with Crippen molar-refractivity contribution < 1.29 is 25.0 Å². The highest BCUT2D eigenvalue weighted by atomic mass is 16.6. The van der Waals surface area contributed by atoms with Gasteiger partial charge in [0, 0.05) is 12.3 Å². The lowest BCUT2D eigenvalue weighted by Gasteiger charge is -2.15. The summed E-state index contributed by atoms with van der Waals surface area (Å²) in [6, 6.07) is 1.26. The number of aromatic nitrogens is 1. The van der Waals surface area contributed by atoms with Gasteiger partial charge in [0.2, 0.25) is 0 Å². The quantitative estimate of drug-likeness (QED) is 0.464. The molecule has 0 aliphatic carbocycles. The number of nitrogens with zero attached hydrogens (tertiary/aromatic N) is 2. The molecule has 1 aliphatic heterocycles. The second kappa shape index (κ2) is 4.41. The molecule has 0 bridgehead atoms. The molecule has 0 saturated carbocycles. The highest BCUT2D eigenvalue weighted by Crippen LogP contribution is 2.30. The molecule has 0 aromatic carbocycles. The van der Waals surface area contributed by atoms with E-state index in [0.29, 0.717) is 0 Å². The molecule has 0 amide bonds. The van der Waals surface area contributed by atoms with Crippen LogP contribution in [0.15, 0.2) is 18.5 Å². The zero-order valence-corrected chi connectivity index (χ0v) is 8.71. The molecule has 4 unspecified atom stereocenters. The summed E-state index contributed by atoms with van der Waals surface area (Å²) in [7, 11) is 0. The fraction of sp³-hybridized carbons (Fsp3) is 0.556. The van der Waals surface area contributed by atoms with E-state index in [1.807, 2.05) is 0 Å². The molecule has 1 fully saturated rings. The van der Waals surface area contributed by atoms with Crippen molar-refractivity contribution in [2.75, 3.05) is 6.61 Å². The third kappa shape index (κ3) is 2.03. The van der Waals surface area contributed by atoms with E-state index < -0.39 is 36.1 Å². The Morgan fingerprint density at radius 2 is 2.18 bits per heavy atom. The lowest BCUT2D eigenvalue weighted by atomic mass is 10.1. The zero-order chi connectivity index (χ0) is 12.6. The zero-order valence-electron chi connectivity index (χ0n) is 8.71. The molecule has 8 nitrogen and oxygen atoms in total. The Bertz CT molecular complexity index is 419. The second-order valence-corrected chi connectivity index (χ2v) is 3.80. The summed E-state index contributed by atoms with van der Waals surface area (Å²) in [6.45, 7) is -0.432. The topological polar surface area (TPSA) is 118 Å². The van der Waals surface area contributed by atoms with Gasteiger partial charge in [-0.1, -0.05) is 0 Å². The Morgan fingerprint density at radius 3 is 2.65 bits per heavy atom. The van der Waals surface area contributed by atoms with E-state index in [-0.39, 0.29) is 5.69 Å². The summed E-state index contributed by atoms with van der Waals surface area (Å²) in [5, 5.41) is 38.6. The molecule has 1 saturated heterocycles. The first-order valence-corrected chi connectivity index (χ1v) is 4.99. The first kappa shape index (κ1) is 12.0. The van der Waals surface area contributed by atoms with Crippen LogP contribution in [0.3, 0.4) is 0 Å². The largest absolute Gasteiger partial charge is 0.394 e. The normalized spacial score (nSPS) is 32.9. The Hall–Kier alpha value is -1.48. The summed E-state index contributed by atoms with van der Waals surface area (Å²) < 4.78 is 6.50. The van der Waals surface area contributed by atoms with Gasteiger partial charge in [-0.05, 0) is 0 Å². The van der Waals surface area contributed by atoms with Crippen LogP contribution in [0, 0.1) is 10.1 Å². The van der Waals surface area contributed by atoms with Crippen LogP contribution in [-0.2, 0) is 4.74 Å². The van der Waals surface area contributed by atoms with Crippen LogP contribution in [0.5, 0.6) is 0 Å². The van der Waals surface area contributed by atoms with Crippen molar-refractivity contribution in [2.45, 2.75) is 24.5 Å². The summed E-state index contributed by atoms with van der Waals surface area (Å²) in [6.07, 6.45) is -1.71. The van der Waals surface area contributed by atoms with Crippen LogP contribution in [0.4, 0.5) is 5.69 Å². The molecule has 1 aromatic rings. The number of hydrogen-bond acceptors (Lipinski definition) is 6. The van der Waals surface area contributed by atoms with E-state index >= 15 is 0 Å². The Labute approximate surface area is 95.8 Å². The number of nitro groups is 1. The van der Waals surface area contributed by atoms with Crippen LogP contribution in [0.25, 0.3) is 0 Å². The summed E-state index contributed by atoms with van der Waals surface area (Å²) in [4.78, 5) is 9.92. The number of aliphatic hydroxyl groups is 3. The second-order valence-electron chi connectivity index (χ2n) is 3.80. The third-order valence-corrected chi connectivity index (χ3v) is 2.72. The molecule has 3 N–H and O–H groups in total. The highest BCUT2D eigenvalue weighted by Gasteiger charge is 2.43. The van der Waals surface area contributed by atoms with Gasteiger partial charge in [-0.25, -0.2) is 0 Å². The van der Waals surface area contributed by atoms with Gasteiger partial charge in [-0.2, -0.15) is 0 Å². The van der Waals surface area contributed by atoms with E-state index in [2.05, 4.69) is 0 Å². The summed E-state index contributed by atoms with van der Waals surface area (Å²) in [5.74, 6) is 0. The van der Waals surface area contributed by atoms with Crippen LogP contribution in [-0.4, -0.2) is 49.7 Å². The Balaban J connectivity index is 2.19. The van der Waals surface area contributed by atoms with E-state index in [9.17, 15) is 20.3 Å². The Morgan fingerprint density at radius 1 is 1.47 bits per heavy atom. The first-order valence-electron chi connectivity index (χ1n) is 4.99. The van der Waals surface area contributed by atoms with Crippen molar-refractivity contribution in [3.05, 3.63) is 28.6 Å². The van der Waals surface area contributed by atoms with Crippen molar-refractivity contribution >= 4 is 5.69 Å². The van der Waals surface area contributed by atoms with Crippen molar-refractivity contribution in [1.29, 1.82) is 0 Å². The summed E-state index contributed by atoms with van der Waals surface area (Å²) in [5.41, 5.74) is -0.136. The standard InChI is InChI=1S/C9H12N2O6/c12-4-6-7(13)8(14)9(17-6)10-2-1-5(3-10)11(15)16/h1-3,6-9,12-14H,4H2. The maximum Gasteiger partial charge on any atom is 0.286 e. The lowest BCUT2D eigenvalue weighted by molar-refractivity contribution is -0.384. The number of hydrogen-bond donors (Lipinski definition) is 3. The molecule has 0 spiro atoms. The SMILES string of the molecule is O=[N+]([O-])c1ccn(C2OC(CO)C(O)C2O)c1. The number of aliphatic hydroxyl groups excluding tert-OH is 3. The van der Waals surface area contributed by atoms with E-state index in [1.165, 1.54) is 23.0 Å². The number of rotatable bonds is 3. The van der Waals surface area contributed by atoms with E-state index in [1.54, 1.807) is 0 Å². The maximum atomic E-state index is 10.5. The van der Waals surface area contributed by atoms with Gasteiger partial charge in [0.05, 0.1) is 17.7 Å². The predicted molar refractivity (Wildman–Crippen MR) is 54.1 cm³/mol. The van der Waals surface area contributed by atoms with Crippen molar-refractivity contribution in [3.63, 3.8) is 0 Å². The molecule has 1 aliphatic rings. The predicted octanol–water partition coefficient (Wildman–Crippen LogP) is -0.992. The van der Waals surface area contributed by atoms with Crippen LogP contribution >= 0.6 is 0 Å². The van der Waals surface area contributed by atoms with Crippen molar-refractivity contribution in [3.8, 4) is 0 Å². The van der Waals surface area contributed by atoms with Crippen molar-refractivity contribution in [1.82, 2.24) is 4.57 Å². The first-order chi connectivity index (χ1) is 8.04. The fourth-order valence-corrected chi connectivity index (χ4v) is 1.79. The summed E-state index contributed by atoms with van der Waals surface area (Å²) >= 11 is 0. The van der Waals surface area contributed by atoms with Gasteiger partial charge in [0.15, 0.2) is 6.23 Å². The van der Waals surface area contributed by atoms with Crippen LogP contribution in [0.1, 0.15) is 6.23 Å². The maximum absolute atomic E-state index is 10.5. The average Bonchev–Trinajstić information content (AvgIpc) is 2.87. The van der Waals surface area contributed by atoms with Gasteiger partial charge in [0.25, 0.3) is 5.69 Å². The van der Waals surface area contributed by atoms with Gasteiger partial charge in [-0.3, -0.25) is 10.1 Å². The van der Waals surface area contributed by atoms with E-state index in [4.69, 9.17) is 9.84 Å². The lowest BCUT2D eigenvalue weighted by Crippen LogP contribution is -2.33. The van der Waals surface area contributed by atoms with Gasteiger partial charge >= 0.3 is 0 Å². The minimum Gasteiger partial charge on any atom is -0.394 e. The molecule has 2 heterocycles. The molecule has 1 aromatic heterocycles. The Kier molecular flexibility index (Phi) is 3.11. The highest BCUT2D eigenvalue weighted by molar-refractivity contribution is 5.26. The molecule has 17 heavy (non-hydrogen) atoms. The van der Waals surface area contributed by atoms with Crippen LogP contribution < -0.4 is 0 Å². The fourth-order valence-electron chi connectivity index (χ4n) is 1.79. The van der Waals surface area contributed by atoms with Gasteiger partial charge in [-0.15, -0.1) is 0 Å². The average molecular weight is 244 g/mol. The molecule has 2 rings (SSSR count). The minimum atomic E-state index is -1.24. The molecule has 8 heteroatoms. The van der Waals surface area contributed by atoms with Crippen molar-refractivity contribution in [2.24, 2.45) is 0 Å². The molecular weight excluding hydrogens is 232 g/mol. The van der Waals surface area contributed by atoms with Crippen LogP contribution in [0.2, 0.25) is 0 Å². The van der Waals surface area contributed by atoms with E-state index in [0.717, 1.165) is 0 Å². The molecule has 0 radical (unpaired) electrons. The third-order valence-electron chi connectivity index (χ3n) is 2.72. The smallest absolute Gasteiger partial charge is 0.286 e. The minimum absolute atomic E-state index is 0.136. The number of ether oxygens (including phenoxy) is 1. The molecule has 94 valence electrons. The monoisotopic (exact) mass is 244 g/mol. The van der Waals surface area contributed by atoms with Gasteiger partial charge in [0.1, 0.15) is 18.3 Å². The molecular formula is C9H12N2O6. The van der Waals surface area contributed by atoms with Gasteiger partial charge < -0.3 is 24.6 Å². The molecule has 4 atom stereocenters.